The van der Waals surface area contributed by atoms with E-state index in [0.717, 1.165) is 22.9 Å². The molecule has 19 heavy (non-hydrogen) atoms. The maximum atomic E-state index is 9.00. The molecule has 1 rings (SSSR count). The summed E-state index contributed by atoms with van der Waals surface area (Å²) in [6, 6.07) is 5.61. The molecule has 0 bridgehead atoms. The van der Waals surface area contributed by atoms with Crippen LogP contribution in [0.2, 0.25) is 0 Å². The maximum Gasteiger partial charge on any atom is 0.300 e. The van der Waals surface area contributed by atoms with Crippen molar-refractivity contribution in [3.63, 3.8) is 0 Å². The molecule has 0 unspecified atom stereocenters. The number of nitrogens with two attached hydrogens (primary N) is 2. The van der Waals surface area contributed by atoms with Crippen molar-refractivity contribution in [1.29, 1.82) is 5.41 Å². The highest BCUT2D eigenvalue weighted by Crippen LogP contribution is 2.29. The largest absolute Gasteiger partial charge is 0.493 e. The number of hydrogen-bond donors (Lipinski definition) is 4. The number of rotatable bonds is 2. The van der Waals surface area contributed by atoms with Crippen LogP contribution in [-0.2, 0) is 4.79 Å². The number of hydrogen-bond acceptors (Lipinski definition) is 4. The zero-order valence-corrected chi connectivity index (χ0v) is 12.5. The number of carbonyl (C=O) groups is 1. The Morgan fingerprint density at radius 2 is 1.63 bits per heavy atom. The molecule has 1 aromatic carbocycles. The summed E-state index contributed by atoms with van der Waals surface area (Å²) in [6.07, 6.45) is 0. The number of carboxylic acids is 1. The van der Waals surface area contributed by atoms with E-state index in [1.807, 2.05) is 18.2 Å². The van der Waals surface area contributed by atoms with Gasteiger partial charge in [-0.15, -0.1) is 0 Å². The highest BCUT2D eigenvalue weighted by Gasteiger charge is 2.01. The van der Waals surface area contributed by atoms with E-state index in [-0.39, 0.29) is 5.96 Å². The van der Waals surface area contributed by atoms with Crippen LogP contribution >= 0.6 is 15.9 Å². The van der Waals surface area contributed by atoms with Crippen LogP contribution in [0, 0.1) is 5.41 Å². The molecule has 0 spiro atoms. The van der Waals surface area contributed by atoms with Gasteiger partial charge in [0.1, 0.15) is 0 Å². The molecule has 0 fully saturated rings. The summed E-state index contributed by atoms with van der Waals surface area (Å²) in [5, 5.41) is 13.5. The Labute approximate surface area is 120 Å². The summed E-state index contributed by atoms with van der Waals surface area (Å²) in [6.45, 7) is 1.08. The van der Waals surface area contributed by atoms with Gasteiger partial charge in [0.05, 0.1) is 14.2 Å². The molecule has 6 N–H and O–H groups in total. The summed E-state index contributed by atoms with van der Waals surface area (Å²) < 4.78 is 11.1. The van der Waals surface area contributed by atoms with Crippen LogP contribution in [-0.4, -0.2) is 31.3 Å². The van der Waals surface area contributed by atoms with Crippen LogP contribution in [0.3, 0.4) is 0 Å². The molecule has 0 aliphatic heterocycles. The van der Waals surface area contributed by atoms with Crippen LogP contribution in [0.15, 0.2) is 22.7 Å². The zero-order valence-electron chi connectivity index (χ0n) is 10.9. The summed E-state index contributed by atoms with van der Waals surface area (Å²) in [4.78, 5) is 9.00. The van der Waals surface area contributed by atoms with E-state index in [9.17, 15) is 0 Å². The molecule has 0 radical (unpaired) electrons. The average Bonchev–Trinajstić information content (AvgIpc) is 2.27. The number of methoxy groups -OCH3 is 2. The molecule has 0 atom stereocenters. The third-order valence-corrected chi connectivity index (χ3v) is 1.84. The summed E-state index contributed by atoms with van der Waals surface area (Å²) in [5.74, 6) is 0.317. The molecule has 8 heteroatoms. The Balaban J connectivity index is 0. The average molecular weight is 336 g/mol. The lowest BCUT2D eigenvalue weighted by molar-refractivity contribution is -0.134. The fourth-order valence-electron chi connectivity index (χ4n) is 0.810. The molecule has 7 nitrogen and oxygen atoms in total. The Kier molecular flexibility index (Phi) is 11.4. The van der Waals surface area contributed by atoms with E-state index >= 15 is 0 Å². The quantitative estimate of drug-likeness (QED) is 0.477. The first-order chi connectivity index (χ1) is 8.74. The Morgan fingerprint density at radius 1 is 1.26 bits per heavy atom. The second-order valence-electron chi connectivity index (χ2n) is 2.97. The molecule has 0 aromatic heterocycles. The Hall–Kier alpha value is -1.96. The van der Waals surface area contributed by atoms with Gasteiger partial charge in [-0.1, -0.05) is 15.9 Å². The highest BCUT2D eigenvalue weighted by molar-refractivity contribution is 9.10. The smallest absolute Gasteiger partial charge is 0.300 e. The molecular weight excluding hydrogens is 318 g/mol. The van der Waals surface area contributed by atoms with Crippen molar-refractivity contribution in [2.24, 2.45) is 11.5 Å². The normalized spacial score (nSPS) is 8.00. The molecule has 0 aliphatic rings. The van der Waals surface area contributed by atoms with Crippen molar-refractivity contribution >= 4 is 27.9 Å². The van der Waals surface area contributed by atoms with Gasteiger partial charge in [0.15, 0.2) is 17.5 Å². The van der Waals surface area contributed by atoms with Gasteiger partial charge in [-0.25, -0.2) is 0 Å². The van der Waals surface area contributed by atoms with Crippen molar-refractivity contribution in [3.05, 3.63) is 22.7 Å². The van der Waals surface area contributed by atoms with Gasteiger partial charge >= 0.3 is 0 Å². The van der Waals surface area contributed by atoms with Gasteiger partial charge in [-0.2, -0.15) is 0 Å². The molecular formula is C11H18BrN3O4. The summed E-state index contributed by atoms with van der Waals surface area (Å²) in [5.41, 5.74) is 8.94. The first-order valence-electron chi connectivity index (χ1n) is 4.91. The third kappa shape index (κ3) is 14.0. The second kappa shape index (κ2) is 11.1. The van der Waals surface area contributed by atoms with Gasteiger partial charge in [-0.05, 0) is 18.2 Å². The van der Waals surface area contributed by atoms with Gasteiger partial charge in [0.25, 0.3) is 5.97 Å². The molecule has 0 aliphatic carbocycles. The Bertz CT molecular complexity index is 393. The lowest BCUT2D eigenvalue weighted by Gasteiger charge is -2.06. The van der Waals surface area contributed by atoms with E-state index < -0.39 is 5.97 Å². The van der Waals surface area contributed by atoms with Crippen LogP contribution in [0.4, 0.5) is 0 Å². The predicted octanol–water partition coefficient (Wildman–Crippen LogP) is 1.40. The lowest BCUT2D eigenvalue weighted by atomic mass is 10.3. The number of benzene rings is 1. The molecule has 0 heterocycles. The van der Waals surface area contributed by atoms with E-state index in [1.165, 1.54) is 0 Å². The number of guanidine groups is 1. The van der Waals surface area contributed by atoms with E-state index in [4.69, 9.17) is 24.8 Å². The lowest BCUT2D eigenvalue weighted by Crippen LogP contribution is -2.20. The first kappa shape index (κ1) is 19.4. The zero-order chi connectivity index (χ0) is 15.4. The van der Waals surface area contributed by atoms with Crippen LogP contribution in [0.5, 0.6) is 11.5 Å². The fourth-order valence-corrected chi connectivity index (χ4v) is 1.15. The standard InChI is InChI=1S/C8H9BrO2.C2H4O2.CH5N3/c1-10-7-4-3-6(9)5-8(7)11-2;1-2(3)4;2-1(3)4/h3-5H,1-2H3;1H3,(H,3,4);(H5,2,3,4). The van der Waals surface area contributed by atoms with Crippen molar-refractivity contribution < 1.29 is 19.4 Å². The number of ether oxygens (including phenoxy) is 2. The molecule has 108 valence electrons. The molecule has 0 saturated carbocycles. The van der Waals surface area contributed by atoms with Crippen molar-refractivity contribution in [2.45, 2.75) is 6.92 Å². The summed E-state index contributed by atoms with van der Waals surface area (Å²) in [7, 11) is 3.23. The maximum absolute atomic E-state index is 9.00. The molecule has 0 saturated heterocycles. The first-order valence-corrected chi connectivity index (χ1v) is 5.70. The molecule has 1 aromatic rings. The van der Waals surface area contributed by atoms with Crippen molar-refractivity contribution in [3.8, 4) is 11.5 Å². The van der Waals surface area contributed by atoms with Crippen LogP contribution in [0.1, 0.15) is 6.92 Å². The minimum atomic E-state index is -0.833. The van der Waals surface area contributed by atoms with Crippen LogP contribution < -0.4 is 20.9 Å². The van der Waals surface area contributed by atoms with E-state index in [0.29, 0.717) is 0 Å². The number of carboxylic acid groups (broad SMARTS) is 1. The Morgan fingerprint density at radius 3 is 1.95 bits per heavy atom. The van der Waals surface area contributed by atoms with Gasteiger partial charge < -0.3 is 26.0 Å². The SMILES string of the molecule is CC(=O)O.COc1ccc(Br)cc1OC.N=C(N)N. The predicted molar refractivity (Wildman–Crippen MR) is 76.7 cm³/mol. The van der Waals surface area contributed by atoms with Crippen molar-refractivity contribution in [1.82, 2.24) is 0 Å². The minimum absolute atomic E-state index is 0.333. The van der Waals surface area contributed by atoms with Crippen LogP contribution in [0.25, 0.3) is 0 Å². The van der Waals surface area contributed by atoms with Gasteiger partial charge in [0, 0.05) is 11.4 Å². The van der Waals surface area contributed by atoms with E-state index in [2.05, 4.69) is 27.4 Å². The van der Waals surface area contributed by atoms with Gasteiger partial charge in [-0.3, -0.25) is 10.2 Å². The third-order valence-electron chi connectivity index (χ3n) is 1.35. The highest BCUT2D eigenvalue weighted by atomic mass is 79.9. The number of halogens is 1. The fraction of sp³-hybridized carbons (Fsp3) is 0.273. The number of nitrogens with one attached hydrogen (secondary N) is 1. The van der Waals surface area contributed by atoms with Gasteiger partial charge in [0.2, 0.25) is 0 Å². The minimum Gasteiger partial charge on any atom is -0.493 e. The second-order valence-corrected chi connectivity index (χ2v) is 3.89. The van der Waals surface area contributed by atoms with E-state index in [1.54, 1.807) is 14.2 Å². The monoisotopic (exact) mass is 335 g/mol. The number of aliphatic carboxylic acids is 1. The van der Waals surface area contributed by atoms with Crippen molar-refractivity contribution in [2.75, 3.05) is 14.2 Å². The summed E-state index contributed by atoms with van der Waals surface area (Å²) >= 11 is 3.33. The molecule has 0 amide bonds. The topological polar surface area (TPSA) is 132 Å².